The van der Waals surface area contributed by atoms with E-state index in [9.17, 15) is 14.4 Å². The molecule has 0 atom stereocenters. The predicted octanol–water partition coefficient (Wildman–Crippen LogP) is 2.81. The van der Waals surface area contributed by atoms with Crippen molar-refractivity contribution >= 4 is 39.9 Å². The number of H-pyrrole nitrogens is 1. The molecule has 1 aliphatic heterocycles. The largest absolute Gasteiger partial charge is 0.379 e. The van der Waals surface area contributed by atoms with E-state index in [2.05, 4.69) is 26.3 Å². The lowest BCUT2D eigenvalue weighted by atomic mass is 10.1. The Morgan fingerprint density at radius 1 is 1.12 bits per heavy atom. The summed E-state index contributed by atoms with van der Waals surface area (Å²) < 4.78 is 5.29. The number of aromatic nitrogens is 2. The van der Waals surface area contributed by atoms with Gasteiger partial charge in [0, 0.05) is 32.7 Å². The maximum absolute atomic E-state index is 13.5. The topological polar surface area (TPSA) is 132 Å². The molecule has 0 bridgehead atoms. The van der Waals surface area contributed by atoms with Crippen LogP contribution in [0.1, 0.15) is 15.9 Å². The van der Waals surface area contributed by atoms with Crippen molar-refractivity contribution in [1.82, 2.24) is 25.5 Å². The van der Waals surface area contributed by atoms with Crippen molar-refractivity contribution in [2.75, 3.05) is 51.0 Å². The maximum atomic E-state index is 13.5. The van der Waals surface area contributed by atoms with Crippen molar-refractivity contribution in [2.45, 2.75) is 0 Å². The van der Waals surface area contributed by atoms with Crippen molar-refractivity contribution in [3.8, 4) is 21.8 Å². The SMILES string of the molecule is CN(C)C(=O)Nc1ccc(-c2[nH]nc3c2C(=O)c2c(NC(=O)NN4CCOCC4)cccc2-3)s1. The lowest BCUT2D eigenvalue weighted by Crippen LogP contribution is -2.49. The van der Waals surface area contributed by atoms with E-state index in [1.807, 2.05) is 12.1 Å². The van der Waals surface area contributed by atoms with E-state index < -0.39 is 6.03 Å². The number of hydrazine groups is 1. The van der Waals surface area contributed by atoms with Crippen LogP contribution in [-0.2, 0) is 4.74 Å². The molecule has 1 saturated heterocycles. The number of anilines is 2. The van der Waals surface area contributed by atoms with Gasteiger partial charge in [-0.1, -0.05) is 12.1 Å². The van der Waals surface area contributed by atoms with Crippen LogP contribution < -0.4 is 16.1 Å². The zero-order valence-electron chi connectivity index (χ0n) is 18.6. The number of ketones is 1. The summed E-state index contributed by atoms with van der Waals surface area (Å²) in [6, 6.07) is 8.24. The third-order valence-electron chi connectivity index (χ3n) is 5.55. The van der Waals surface area contributed by atoms with Gasteiger partial charge >= 0.3 is 12.1 Å². The molecule has 4 amide bonds. The van der Waals surface area contributed by atoms with Gasteiger partial charge in [-0.25, -0.2) is 14.6 Å². The molecule has 0 radical (unpaired) electrons. The number of nitrogens with zero attached hydrogens (tertiary/aromatic N) is 3. The monoisotopic (exact) mass is 481 g/mol. The molecule has 0 spiro atoms. The molecule has 2 aromatic heterocycles. The fourth-order valence-electron chi connectivity index (χ4n) is 3.89. The molecule has 11 nitrogen and oxygen atoms in total. The van der Waals surface area contributed by atoms with E-state index in [0.717, 1.165) is 4.88 Å². The van der Waals surface area contributed by atoms with E-state index >= 15 is 0 Å². The minimum Gasteiger partial charge on any atom is -0.379 e. The first kappa shape index (κ1) is 22.1. The number of fused-ring (bicyclic) bond motifs is 3. The number of hydrogen-bond acceptors (Lipinski definition) is 7. The molecule has 3 aromatic rings. The molecule has 4 N–H and O–H groups in total. The van der Waals surface area contributed by atoms with Gasteiger partial charge in [-0.3, -0.25) is 20.6 Å². The van der Waals surface area contributed by atoms with Crippen molar-refractivity contribution in [3.05, 3.63) is 41.5 Å². The van der Waals surface area contributed by atoms with Crippen LogP contribution in [-0.4, -0.2) is 78.4 Å². The standard InChI is InChI=1S/C22H23N7O4S/c1-28(2)22(32)24-15-7-6-14(34-15)19-17-18(25-26-19)12-4-3-5-13(16(12)20(17)30)23-21(31)27-29-8-10-33-11-9-29/h3-7H,8-11H2,1-2H3,(H,24,32)(H,25,26)(H2,23,27,31). The number of urea groups is 2. The molecule has 1 aliphatic carbocycles. The first-order valence-corrected chi connectivity index (χ1v) is 11.5. The summed E-state index contributed by atoms with van der Waals surface area (Å²) >= 11 is 1.34. The van der Waals surface area contributed by atoms with Gasteiger partial charge in [-0.05, 0) is 18.2 Å². The Bertz CT molecular complexity index is 1280. The Kier molecular flexibility index (Phi) is 5.77. The summed E-state index contributed by atoms with van der Waals surface area (Å²) in [5.41, 5.74) is 5.84. The van der Waals surface area contributed by atoms with Crippen LogP contribution in [0.5, 0.6) is 0 Å². The third kappa shape index (κ3) is 4.02. The third-order valence-corrected chi connectivity index (χ3v) is 6.57. The number of carbonyl (C=O) groups excluding carboxylic acids is 3. The molecule has 0 saturated carbocycles. The van der Waals surface area contributed by atoms with Crippen LogP contribution in [0.15, 0.2) is 30.3 Å². The number of carbonyl (C=O) groups is 3. The summed E-state index contributed by atoms with van der Waals surface area (Å²) in [5, 5.41) is 15.4. The molecule has 1 aromatic carbocycles. The summed E-state index contributed by atoms with van der Waals surface area (Å²) in [5.74, 6) is -0.219. The highest BCUT2D eigenvalue weighted by molar-refractivity contribution is 7.19. The van der Waals surface area contributed by atoms with Crippen LogP contribution in [0.3, 0.4) is 0 Å². The Morgan fingerprint density at radius 3 is 2.68 bits per heavy atom. The summed E-state index contributed by atoms with van der Waals surface area (Å²) in [6.07, 6.45) is 0. The predicted molar refractivity (Wildman–Crippen MR) is 128 cm³/mol. The van der Waals surface area contributed by atoms with Crippen LogP contribution in [0.4, 0.5) is 20.3 Å². The average Bonchev–Trinajstić information content (AvgIpc) is 3.51. The second kappa shape index (κ2) is 8.89. The molecule has 1 fully saturated rings. The number of aromatic amines is 1. The number of thiophene rings is 1. The van der Waals surface area contributed by atoms with Crippen molar-refractivity contribution in [2.24, 2.45) is 0 Å². The van der Waals surface area contributed by atoms with E-state index in [4.69, 9.17) is 4.74 Å². The van der Waals surface area contributed by atoms with Gasteiger partial charge < -0.3 is 15.0 Å². The van der Waals surface area contributed by atoms with Gasteiger partial charge in [0.05, 0.1) is 45.6 Å². The van der Waals surface area contributed by atoms with Crippen molar-refractivity contribution in [1.29, 1.82) is 0 Å². The number of hydrogen-bond donors (Lipinski definition) is 4. The van der Waals surface area contributed by atoms with Gasteiger partial charge in [-0.15, -0.1) is 11.3 Å². The van der Waals surface area contributed by atoms with E-state index in [1.165, 1.54) is 16.2 Å². The van der Waals surface area contributed by atoms with Gasteiger partial charge in [0.1, 0.15) is 5.69 Å². The Balaban J connectivity index is 1.39. The van der Waals surface area contributed by atoms with Crippen LogP contribution >= 0.6 is 11.3 Å². The van der Waals surface area contributed by atoms with Crippen LogP contribution in [0, 0.1) is 0 Å². The van der Waals surface area contributed by atoms with E-state index in [1.54, 1.807) is 37.3 Å². The molecule has 5 rings (SSSR count). The molecular formula is C22H23N7O4S. The molecule has 12 heteroatoms. The zero-order chi connectivity index (χ0) is 23.8. The molecular weight excluding hydrogens is 458 g/mol. The minimum atomic E-state index is -0.422. The molecule has 2 aliphatic rings. The van der Waals surface area contributed by atoms with Gasteiger partial charge in [-0.2, -0.15) is 5.10 Å². The van der Waals surface area contributed by atoms with Crippen LogP contribution in [0.25, 0.3) is 21.8 Å². The number of ether oxygens (including phenoxy) is 1. The first-order chi connectivity index (χ1) is 16.4. The Hall–Kier alpha value is -3.74. The van der Waals surface area contributed by atoms with E-state index in [-0.39, 0.29) is 11.8 Å². The number of morpholine rings is 1. The minimum absolute atomic E-state index is 0.219. The highest BCUT2D eigenvalue weighted by Gasteiger charge is 2.35. The van der Waals surface area contributed by atoms with Gasteiger partial charge in [0.25, 0.3) is 0 Å². The first-order valence-electron chi connectivity index (χ1n) is 10.7. The second-order valence-corrected chi connectivity index (χ2v) is 9.12. The molecule has 0 unspecified atom stereocenters. The fourth-order valence-corrected chi connectivity index (χ4v) is 4.78. The summed E-state index contributed by atoms with van der Waals surface area (Å²) in [6.45, 7) is 2.28. The Morgan fingerprint density at radius 2 is 1.91 bits per heavy atom. The number of nitrogens with one attached hydrogen (secondary N) is 4. The number of benzene rings is 1. The molecule has 176 valence electrons. The maximum Gasteiger partial charge on any atom is 0.333 e. The normalized spacial score (nSPS) is 14.9. The van der Waals surface area contributed by atoms with E-state index in [0.29, 0.717) is 65.1 Å². The summed E-state index contributed by atoms with van der Waals surface area (Å²) in [4.78, 5) is 40.2. The zero-order valence-corrected chi connectivity index (χ0v) is 19.4. The average molecular weight is 482 g/mol. The lowest BCUT2D eigenvalue weighted by Gasteiger charge is -2.27. The molecule has 34 heavy (non-hydrogen) atoms. The van der Waals surface area contributed by atoms with Crippen molar-refractivity contribution in [3.63, 3.8) is 0 Å². The van der Waals surface area contributed by atoms with Crippen molar-refractivity contribution < 1.29 is 19.1 Å². The Labute approximate surface area is 199 Å². The fraction of sp³-hybridized carbons (Fsp3) is 0.273. The number of rotatable bonds is 4. The smallest absolute Gasteiger partial charge is 0.333 e. The summed E-state index contributed by atoms with van der Waals surface area (Å²) in [7, 11) is 3.32. The molecule has 3 heterocycles. The second-order valence-electron chi connectivity index (χ2n) is 8.03. The van der Waals surface area contributed by atoms with Crippen LogP contribution in [0.2, 0.25) is 0 Å². The van der Waals surface area contributed by atoms with Gasteiger partial charge in [0.2, 0.25) is 0 Å². The highest BCUT2D eigenvalue weighted by atomic mass is 32.1. The number of amides is 4. The highest BCUT2D eigenvalue weighted by Crippen LogP contribution is 2.44. The van der Waals surface area contributed by atoms with Gasteiger partial charge in [0.15, 0.2) is 5.78 Å². The quantitative estimate of drug-likeness (QED) is 0.354. The lowest BCUT2D eigenvalue weighted by molar-refractivity contribution is 0.0207.